The number of carboxylic acids is 1. The highest BCUT2D eigenvalue weighted by molar-refractivity contribution is 5.84. The number of hydrogen-bond acceptors (Lipinski definition) is 3. The molecule has 0 aromatic heterocycles. The average Bonchev–Trinajstić information content (AvgIpc) is 2.28. The Morgan fingerprint density at radius 1 is 1.35 bits per heavy atom. The first-order chi connectivity index (χ1) is 8.04. The minimum atomic E-state index is -1.37. The fraction of sp³-hybridized carbons (Fsp3) is 0.273. The second-order valence-electron chi connectivity index (χ2n) is 3.41. The van der Waals surface area contributed by atoms with Gasteiger partial charge in [0, 0.05) is 0 Å². The van der Waals surface area contributed by atoms with Gasteiger partial charge in [-0.05, 0) is 11.6 Å². The number of hydrogen-bond donors (Lipinski definition) is 3. The number of nitrogens with one attached hydrogen (secondary N) is 1. The van der Waals surface area contributed by atoms with Crippen molar-refractivity contribution in [2.75, 3.05) is 6.61 Å². The topological polar surface area (TPSA) is 86.6 Å². The second kappa shape index (κ2) is 5.95. The number of rotatable bonds is 5. The number of aliphatic hydroxyl groups excluding tert-OH is 1. The molecular weight excluding hydrogens is 229 g/mol. The number of carboxylic acid groups (broad SMARTS) is 1. The summed E-state index contributed by atoms with van der Waals surface area (Å²) in [4.78, 5) is 21.9. The summed E-state index contributed by atoms with van der Waals surface area (Å²) in [5, 5.41) is 19.4. The monoisotopic (exact) mass is 241 g/mol. The number of halogens is 1. The summed E-state index contributed by atoms with van der Waals surface area (Å²) >= 11 is 0. The Bertz CT molecular complexity index is 422. The fourth-order valence-corrected chi connectivity index (χ4v) is 1.25. The minimum Gasteiger partial charge on any atom is -0.480 e. The van der Waals surface area contributed by atoms with Gasteiger partial charge in [-0.15, -0.1) is 0 Å². The summed E-state index contributed by atoms with van der Waals surface area (Å²) in [6.45, 7) is -0.710. The maximum Gasteiger partial charge on any atom is 0.328 e. The van der Waals surface area contributed by atoms with Crippen LogP contribution in [0.15, 0.2) is 24.3 Å². The van der Waals surface area contributed by atoms with Crippen LogP contribution in [-0.4, -0.2) is 34.7 Å². The van der Waals surface area contributed by atoms with E-state index in [0.29, 0.717) is 0 Å². The van der Waals surface area contributed by atoms with Crippen molar-refractivity contribution in [2.24, 2.45) is 0 Å². The summed E-state index contributed by atoms with van der Waals surface area (Å²) < 4.78 is 13.2. The molecule has 0 spiro atoms. The predicted molar refractivity (Wildman–Crippen MR) is 56.8 cm³/mol. The van der Waals surface area contributed by atoms with Gasteiger partial charge < -0.3 is 15.5 Å². The summed E-state index contributed by atoms with van der Waals surface area (Å²) in [5.74, 6) is -2.52. The van der Waals surface area contributed by atoms with E-state index in [9.17, 15) is 14.0 Å². The molecule has 92 valence electrons. The van der Waals surface area contributed by atoms with Crippen LogP contribution in [0.2, 0.25) is 0 Å². The van der Waals surface area contributed by atoms with Crippen molar-refractivity contribution in [3.63, 3.8) is 0 Å². The van der Waals surface area contributed by atoms with Gasteiger partial charge in [0.2, 0.25) is 5.91 Å². The lowest BCUT2D eigenvalue weighted by molar-refractivity contribution is -0.142. The third-order valence-electron chi connectivity index (χ3n) is 2.12. The molecule has 1 unspecified atom stereocenters. The molecule has 1 aromatic carbocycles. The molecule has 6 heteroatoms. The molecule has 0 aliphatic carbocycles. The molecular formula is C11H12FNO4. The van der Waals surface area contributed by atoms with E-state index in [2.05, 4.69) is 5.32 Å². The summed E-state index contributed by atoms with van der Waals surface area (Å²) in [7, 11) is 0. The number of aliphatic carboxylic acids is 1. The maximum atomic E-state index is 13.2. The van der Waals surface area contributed by atoms with Crippen LogP contribution in [0.25, 0.3) is 0 Å². The number of carbonyl (C=O) groups excluding carboxylic acids is 1. The van der Waals surface area contributed by atoms with Crippen LogP contribution in [-0.2, 0) is 16.0 Å². The van der Waals surface area contributed by atoms with E-state index in [4.69, 9.17) is 10.2 Å². The van der Waals surface area contributed by atoms with Crippen LogP contribution >= 0.6 is 0 Å². The standard InChI is InChI=1S/C11H12FNO4/c12-8-4-2-1-3-7(8)5-10(15)13-9(6-14)11(16)17/h1-4,9,14H,5-6H2,(H,13,15)(H,16,17). The first-order valence-corrected chi connectivity index (χ1v) is 4.91. The van der Waals surface area contributed by atoms with E-state index in [0.717, 1.165) is 0 Å². The Balaban J connectivity index is 2.61. The fourth-order valence-electron chi connectivity index (χ4n) is 1.25. The molecule has 5 nitrogen and oxygen atoms in total. The highest BCUT2D eigenvalue weighted by Crippen LogP contribution is 2.06. The van der Waals surface area contributed by atoms with Gasteiger partial charge in [-0.2, -0.15) is 0 Å². The third-order valence-corrected chi connectivity index (χ3v) is 2.12. The van der Waals surface area contributed by atoms with Crippen LogP contribution in [0.3, 0.4) is 0 Å². The first-order valence-electron chi connectivity index (χ1n) is 4.91. The van der Waals surface area contributed by atoms with Gasteiger partial charge in [0.1, 0.15) is 11.9 Å². The van der Waals surface area contributed by atoms with Crippen LogP contribution in [0, 0.1) is 5.82 Å². The third kappa shape index (κ3) is 3.84. The van der Waals surface area contributed by atoms with E-state index in [1.165, 1.54) is 18.2 Å². The Morgan fingerprint density at radius 2 is 2.00 bits per heavy atom. The Kier molecular flexibility index (Phi) is 4.59. The van der Waals surface area contributed by atoms with Gasteiger partial charge in [-0.1, -0.05) is 18.2 Å². The molecule has 0 aliphatic rings. The van der Waals surface area contributed by atoms with Crippen molar-refractivity contribution in [3.05, 3.63) is 35.6 Å². The summed E-state index contributed by atoms with van der Waals surface area (Å²) in [6.07, 6.45) is -0.267. The predicted octanol–water partition coefficient (Wildman–Crippen LogP) is -0.0701. The lowest BCUT2D eigenvalue weighted by atomic mass is 10.1. The molecule has 0 saturated carbocycles. The Hall–Kier alpha value is -1.95. The van der Waals surface area contributed by atoms with Crippen molar-refractivity contribution in [3.8, 4) is 0 Å². The normalized spacial score (nSPS) is 11.9. The summed E-state index contributed by atoms with van der Waals surface area (Å²) in [5.41, 5.74) is 0.173. The number of amides is 1. The number of carbonyl (C=O) groups is 2. The van der Waals surface area contributed by atoms with Gasteiger partial charge >= 0.3 is 5.97 Å². The second-order valence-corrected chi connectivity index (χ2v) is 3.41. The first kappa shape index (κ1) is 13.1. The van der Waals surface area contributed by atoms with Gasteiger partial charge in [0.05, 0.1) is 13.0 Å². The molecule has 3 N–H and O–H groups in total. The van der Waals surface area contributed by atoms with E-state index in [-0.39, 0.29) is 12.0 Å². The van der Waals surface area contributed by atoms with E-state index in [1.54, 1.807) is 6.07 Å². The van der Waals surface area contributed by atoms with Crippen molar-refractivity contribution in [2.45, 2.75) is 12.5 Å². The molecule has 17 heavy (non-hydrogen) atoms. The molecule has 0 aliphatic heterocycles. The molecule has 0 radical (unpaired) electrons. The Morgan fingerprint density at radius 3 is 2.53 bits per heavy atom. The SMILES string of the molecule is O=C(Cc1ccccc1F)NC(CO)C(=O)O. The Labute approximate surface area is 96.9 Å². The van der Waals surface area contributed by atoms with Gasteiger partial charge in [-0.25, -0.2) is 9.18 Å². The maximum absolute atomic E-state index is 13.2. The van der Waals surface area contributed by atoms with Crippen LogP contribution in [0.1, 0.15) is 5.56 Å². The summed E-state index contributed by atoms with van der Waals surface area (Å²) in [6, 6.07) is 4.35. The zero-order valence-electron chi connectivity index (χ0n) is 8.89. The van der Waals surface area contributed by atoms with Gasteiger partial charge in [0.15, 0.2) is 0 Å². The smallest absolute Gasteiger partial charge is 0.328 e. The quantitative estimate of drug-likeness (QED) is 0.673. The van der Waals surface area contributed by atoms with Gasteiger partial charge in [-0.3, -0.25) is 4.79 Å². The van der Waals surface area contributed by atoms with E-state index in [1.807, 2.05) is 0 Å². The molecule has 0 bridgehead atoms. The van der Waals surface area contributed by atoms with Crippen molar-refractivity contribution >= 4 is 11.9 Å². The van der Waals surface area contributed by atoms with Crippen molar-refractivity contribution in [1.82, 2.24) is 5.32 Å². The molecule has 1 atom stereocenters. The molecule has 0 saturated heterocycles. The number of benzene rings is 1. The molecule has 0 heterocycles. The lowest BCUT2D eigenvalue weighted by Crippen LogP contribution is -2.44. The minimum absolute atomic E-state index is 0.173. The van der Waals surface area contributed by atoms with Gasteiger partial charge in [0.25, 0.3) is 0 Å². The highest BCUT2D eigenvalue weighted by atomic mass is 19.1. The average molecular weight is 241 g/mol. The number of aliphatic hydroxyl groups is 1. The molecule has 0 fully saturated rings. The van der Waals surface area contributed by atoms with Crippen LogP contribution in [0.4, 0.5) is 4.39 Å². The van der Waals surface area contributed by atoms with E-state index >= 15 is 0 Å². The molecule has 1 amide bonds. The zero-order chi connectivity index (χ0) is 12.8. The highest BCUT2D eigenvalue weighted by Gasteiger charge is 2.19. The zero-order valence-corrected chi connectivity index (χ0v) is 8.89. The van der Waals surface area contributed by atoms with Crippen molar-refractivity contribution < 1.29 is 24.2 Å². The largest absolute Gasteiger partial charge is 0.480 e. The van der Waals surface area contributed by atoms with Crippen LogP contribution < -0.4 is 5.32 Å². The molecule has 1 aromatic rings. The molecule has 1 rings (SSSR count). The lowest BCUT2D eigenvalue weighted by Gasteiger charge is -2.11. The van der Waals surface area contributed by atoms with Crippen molar-refractivity contribution in [1.29, 1.82) is 0 Å². The van der Waals surface area contributed by atoms with Crippen LogP contribution in [0.5, 0.6) is 0 Å². The van der Waals surface area contributed by atoms with E-state index < -0.39 is 30.3 Å².